The molecule has 0 aliphatic heterocycles. The Hall–Kier alpha value is -3.32. The summed E-state index contributed by atoms with van der Waals surface area (Å²) >= 11 is 13.8. The Kier molecular flexibility index (Phi) is 5.35. The van der Waals surface area contributed by atoms with E-state index in [1.54, 1.807) is 48.5 Å². The molecule has 0 saturated heterocycles. The fraction of sp³-hybridized carbons (Fsp3) is 0. The second kappa shape index (κ2) is 8.31. The van der Waals surface area contributed by atoms with Crippen LogP contribution in [0.4, 0.5) is 11.4 Å². The first-order valence-corrected chi connectivity index (χ1v) is 11.2. The predicted molar refractivity (Wildman–Crippen MR) is 130 cm³/mol. The molecule has 158 valence electrons. The smallest absolute Gasteiger partial charge is 0.293 e. The van der Waals surface area contributed by atoms with Crippen LogP contribution in [0.1, 0.15) is 20.2 Å². The fourth-order valence-electron chi connectivity index (χ4n) is 3.41. The van der Waals surface area contributed by atoms with Crippen LogP contribution in [0.15, 0.2) is 77.2 Å². The number of thiophene rings is 1. The molecule has 0 atom stereocenters. The van der Waals surface area contributed by atoms with Gasteiger partial charge in [0.2, 0.25) is 5.76 Å². The molecule has 8 heteroatoms. The van der Waals surface area contributed by atoms with Crippen molar-refractivity contribution < 1.29 is 14.0 Å². The zero-order chi connectivity index (χ0) is 22.2. The molecule has 0 bridgehead atoms. The lowest BCUT2D eigenvalue weighted by molar-refractivity contribution is 0.1000. The third-order valence-corrected chi connectivity index (χ3v) is 6.77. The topological polar surface area (TPSA) is 71.3 Å². The molecule has 5 nitrogen and oxygen atoms in total. The number of halogens is 2. The number of carbonyl (C=O) groups is 2. The number of nitrogens with one attached hydrogen (secondary N) is 2. The van der Waals surface area contributed by atoms with Gasteiger partial charge in [0.05, 0.1) is 5.02 Å². The average molecular weight is 481 g/mol. The number of rotatable bonds is 4. The van der Waals surface area contributed by atoms with Crippen molar-refractivity contribution in [1.29, 1.82) is 0 Å². The lowest BCUT2D eigenvalue weighted by Crippen LogP contribution is -2.16. The maximum absolute atomic E-state index is 13.1. The van der Waals surface area contributed by atoms with Gasteiger partial charge >= 0.3 is 0 Å². The maximum atomic E-state index is 13.1. The number of benzene rings is 3. The summed E-state index contributed by atoms with van der Waals surface area (Å²) in [5.74, 6) is -0.947. The molecule has 32 heavy (non-hydrogen) atoms. The number of hydrogen-bond donors (Lipinski definition) is 2. The number of fused-ring (bicyclic) bond motifs is 2. The van der Waals surface area contributed by atoms with Gasteiger partial charge in [-0.05, 0) is 36.4 Å². The Bertz CT molecular complexity index is 1510. The highest BCUT2D eigenvalue weighted by atomic mass is 35.5. The van der Waals surface area contributed by atoms with Crippen LogP contribution >= 0.6 is 34.5 Å². The molecule has 0 fully saturated rings. The Morgan fingerprint density at radius 2 is 1.56 bits per heavy atom. The van der Waals surface area contributed by atoms with Crippen LogP contribution in [-0.2, 0) is 0 Å². The normalized spacial score (nSPS) is 11.1. The van der Waals surface area contributed by atoms with Gasteiger partial charge in [-0.1, -0.05) is 59.6 Å². The molecule has 5 rings (SSSR count). The molecule has 2 amide bonds. The van der Waals surface area contributed by atoms with Crippen molar-refractivity contribution in [2.75, 3.05) is 10.6 Å². The number of anilines is 2. The van der Waals surface area contributed by atoms with Crippen LogP contribution in [0.25, 0.3) is 21.1 Å². The van der Waals surface area contributed by atoms with Gasteiger partial charge in [0.15, 0.2) is 0 Å². The zero-order valence-electron chi connectivity index (χ0n) is 16.3. The first kappa shape index (κ1) is 20.6. The van der Waals surface area contributed by atoms with Crippen molar-refractivity contribution in [1.82, 2.24) is 0 Å². The number of carbonyl (C=O) groups excluding carboxylic acids is 2. The third-order valence-electron chi connectivity index (χ3n) is 4.86. The minimum absolute atomic E-state index is 0.0169. The summed E-state index contributed by atoms with van der Waals surface area (Å²) in [4.78, 5) is 26.5. The lowest BCUT2D eigenvalue weighted by atomic mass is 10.2. The van der Waals surface area contributed by atoms with E-state index in [2.05, 4.69) is 10.6 Å². The zero-order valence-corrected chi connectivity index (χ0v) is 18.6. The first-order chi connectivity index (χ1) is 15.5. The Balaban J connectivity index is 1.53. The van der Waals surface area contributed by atoms with Gasteiger partial charge in [0.1, 0.15) is 16.1 Å². The number of furan rings is 1. The first-order valence-electron chi connectivity index (χ1n) is 9.58. The fourth-order valence-corrected chi connectivity index (χ4v) is 5.02. The van der Waals surface area contributed by atoms with E-state index in [9.17, 15) is 9.59 Å². The van der Waals surface area contributed by atoms with Gasteiger partial charge in [-0.2, -0.15) is 0 Å². The van der Waals surface area contributed by atoms with Crippen LogP contribution in [0.5, 0.6) is 0 Å². The largest absolute Gasteiger partial charge is 0.449 e. The standard InChI is InChI=1S/C24H14Cl2N2O3S/c25-13-6-5-7-14(12-13)27-23(29)21-20(15-8-1-3-10-17(15)31-21)28-24(30)22-19(26)16-9-2-4-11-18(16)32-22/h1-12H,(H,27,29)(H,28,30). The van der Waals surface area contributed by atoms with Crippen LogP contribution in [0.3, 0.4) is 0 Å². The van der Waals surface area contributed by atoms with E-state index in [0.29, 0.717) is 31.6 Å². The molecular formula is C24H14Cl2N2O3S. The number of hydrogen-bond acceptors (Lipinski definition) is 4. The minimum atomic E-state index is -0.513. The second-order valence-electron chi connectivity index (χ2n) is 6.96. The van der Waals surface area contributed by atoms with Gasteiger partial charge in [0, 0.05) is 26.2 Å². The van der Waals surface area contributed by atoms with Gasteiger partial charge < -0.3 is 15.1 Å². The van der Waals surface area contributed by atoms with Gasteiger partial charge in [-0.3, -0.25) is 9.59 Å². The molecule has 0 spiro atoms. The highest BCUT2D eigenvalue weighted by Crippen LogP contribution is 2.37. The highest BCUT2D eigenvalue weighted by molar-refractivity contribution is 7.21. The van der Waals surface area contributed by atoms with Gasteiger partial charge in [0.25, 0.3) is 11.8 Å². The van der Waals surface area contributed by atoms with Crippen molar-refractivity contribution in [3.8, 4) is 0 Å². The second-order valence-corrected chi connectivity index (χ2v) is 8.83. The SMILES string of the molecule is O=C(Nc1cccc(Cl)c1)c1oc2ccccc2c1NC(=O)c1sc2ccccc2c1Cl. The molecule has 0 saturated carbocycles. The molecular weight excluding hydrogens is 467 g/mol. The number of para-hydroxylation sites is 1. The molecule has 3 aromatic carbocycles. The van der Waals surface area contributed by atoms with E-state index in [0.717, 1.165) is 10.1 Å². The lowest BCUT2D eigenvalue weighted by Gasteiger charge is -2.07. The minimum Gasteiger partial charge on any atom is -0.449 e. The Morgan fingerprint density at radius 3 is 2.34 bits per heavy atom. The quantitative estimate of drug-likeness (QED) is 0.280. The monoisotopic (exact) mass is 480 g/mol. The molecule has 2 heterocycles. The van der Waals surface area contributed by atoms with E-state index >= 15 is 0 Å². The molecule has 0 radical (unpaired) electrons. The van der Waals surface area contributed by atoms with E-state index in [4.69, 9.17) is 27.6 Å². The molecule has 0 aliphatic carbocycles. The van der Waals surface area contributed by atoms with E-state index < -0.39 is 11.8 Å². The summed E-state index contributed by atoms with van der Waals surface area (Å²) < 4.78 is 6.70. The Morgan fingerprint density at radius 1 is 0.812 bits per heavy atom. The summed E-state index contributed by atoms with van der Waals surface area (Å²) in [6.45, 7) is 0. The molecule has 2 aromatic heterocycles. The number of amides is 2. The average Bonchev–Trinajstić information content (AvgIpc) is 3.32. The van der Waals surface area contributed by atoms with Gasteiger partial charge in [-0.25, -0.2) is 0 Å². The van der Waals surface area contributed by atoms with Crippen molar-refractivity contribution in [2.24, 2.45) is 0 Å². The molecule has 0 aliphatic rings. The predicted octanol–water partition coefficient (Wildman–Crippen LogP) is 7.46. The summed E-state index contributed by atoms with van der Waals surface area (Å²) in [6.07, 6.45) is 0. The summed E-state index contributed by atoms with van der Waals surface area (Å²) in [7, 11) is 0. The summed E-state index contributed by atoms with van der Waals surface area (Å²) in [5, 5.41) is 7.86. The van der Waals surface area contributed by atoms with Crippen molar-refractivity contribution in [2.45, 2.75) is 0 Å². The van der Waals surface area contributed by atoms with Crippen LogP contribution in [0, 0.1) is 0 Å². The summed E-state index contributed by atoms with van der Waals surface area (Å²) in [6, 6.07) is 21.4. The Labute approximate surface area is 196 Å². The molecule has 0 unspecified atom stereocenters. The third kappa shape index (κ3) is 3.73. The highest BCUT2D eigenvalue weighted by Gasteiger charge is 2.25. The molecule has 2 N–H and O–H groups in total. The van der Waals surface area contributed by atoms with Gasteiger partial charge in [-0.15, -0.1) is 11.3 Å². The van der Waals surface area contributed by atoms with Crippen LogP contribution < -0.4 is 10.6 Å². The summed E-state index contributed by atoms with van der Waals surface area (Å²) in [5.41, 5.74) is 1.26. The molecule has 5 aromatic rings. The van der Waals surface area contributed by atoms with E-state index in [1.807, 2.05) is 24.3 Å². The van der Waals surface area contributed by atoms with Crippen LogP contribution in [0.2, 0.25) is 10.0 Å². The van der Waals surface area contributed by atoms with E-state index in [-0.39, 0.29) is 11.4 Å². The van der Waals surface area contributed by atoms with Crippen molar-refractivity contribution >= 4 is 78.8 Å². The van der Waals surface area contributed by atoms with Crippen molar-refractivity contribution in [3.05, 3.63) is 93.5 Å². The van der Waals surface area contributed by atoms with Crippen LogP contribution in [-0.4, -0.2) is 11.8 Å². The maximum Gasteiger partial charge on any atom is 0.293 e. The van der Waals surface area contributed by atoms with Crippen molar-refractivity contribution in [3.63, 3.8) is 0 Å². The van der Waals surface area contributed by atoms with E-state index in [1.165, 1.54) is 11.3 Å².